The third kappa shape index (κ3) is 12.6. The van der Waals surface area contributed by atoms with Crippen LogP contribution in [0.25, 0.3) is 0 Å². The highest BCUT2D eigenvalue weighted by atomic mass is 27.1. The normalized spacial score (nSPS) is 17.2. The van der Waals surface area contributed by atoms with Crippen molar-refractivity contribution in [3.8, 4) is 0 Å². The second-order valence-electron chi connectivity index (χ2n) is 5.84. The number of aliphatic hydroxyl groups is 1. The van der Waals surface area contributed by atoms with Crippen molar-refractivity contribution in [2.45, 2.75) is 76.5 Å². The lowest BCUT2D eigenvalue weighted by Gasteiger charge is -2.14. The van der Waals surface area contributed by atoms with E-state index in [-0.39, 0.29) is 6.10 Å². The van der Waals surface area contributed by atoms with Crippen molar-refractivity contribution in [3.63, 3.8) is 0 Å². The predicted octanol–water partition coefficient (Wildman–Crippen LogP) is 4.15. The topological polar surface area (TPSA) is 20.2 Å². The summed E-state index contributed by atoms with van der Waals surface area (Å²) in [7, 11) is 0. The molecule has 0 unspecified atom stereocenters. The van der Waals surface area contributed by atoms with Crippen LogP contribution in [-0.2, 0) is 0 Å². The van der Waals surface area contributed by atoms with Gasteiger partial charge in [0, 0.05) is 0 Å². The molecule has 16 heavy (non-hydrogen) atoms. The van der Waals surface area contributed by atoms with E-state index in [2.05, 4.69) is 27.7 Å². The van der Waals surface area contributed by atoms with Gasteiger partial charge in [-0.15, -0.1) is 10.6 Å². The molecule has 0 aromatic heterocycles. The number of hydrogen-bond acceptors (Lipinski definition) is 1. The van der Waals surface area contributed by atoms with E-state index in [1.54, 1.807) is 0 Å². The van der Waals surface area contributed by atoms with Crippen LogP contribution in [0, 0.1) is 11.8 Å². The molecule has 2 heteroatoms. The van der Waals surface area contributed by atoms with Crippen LogP contribution in [0.2, 0.25) is 10.6 Å². The summed E-state index contributed by atoms with van der Waals surface area (Å²) in [4.78, 5) is 0. The van der Waals surface area contributed by atoms with Crippen LogP contribution in [0.3, 0.4) is 0 Å². The van der Waals surface area contributed by atoms with Crippen molar-refractivity contribution in [1.82, 2.24) is 0 Å². The van der Waals surface area contributed by atoms with Crippen LogP contribution in [0.4, 0.5) is 0 Å². The first-order valence-corrected chi connectivity index (χ1v) is 8.65. The fourth-order valence-electron chi connectivity index (χ4n) is 1.84. The highest BCUT2D eigenvalue weighted by Gasteiger charge is 2.07. The van der Waals surface area contributed by atoms with E-state index in [1.165, 1.54) is 29.8 Å². The zero-order chi connectivity index (χ0) is 12.4. The van der Waals surface area contributed by atoms with Gasteiger partial charge in [-0.2, -0.15) is 0 Å². The van der Waals surface area contributed by atoms with Gasteiger partial charge < -0.3 is 5.11 Å². The van der Waals surface area contributed by atoms with Gasteiger partial charge in [-0.1, -0.05) is 58.8 Å². The van der Waals surface area contributed by atoms with E-state index in [0.29, 0.717) is 0 Å². The predicted molar refractivity (Wildman–Crippen MR) is 74.1 cm³/mol. The molecule has 0 aliphatic heterocycles. The van der Waals surface area contributed by atoms with Gasteiger partial charge in [0.25, 0.3) is 0 Å². The Balaban J connectivity index is 0.000000288. The molecular weight excluding hydrogens is 211 g/mol. The maximum Gasteiger partial charge on any atom is 0.200 e. The molecule has 1 N–H and O–H groups in total. The first-order valence-electron chi connectivity index (χ1n) is 7.02. The minimum absolute atomic E-state index is 0.0359. The van der Waals surface area contributed by atoms with Crippen molar-refractivity contribution in [1.29, 1.82) is 0 Å². The minimum Gasteiger partial charge on any atom is -0.393 e. The van der Waals surface area contributed by atoms with Crippen LogP contribution >= 0.6 is 0 Å². The summed E-state index contributed by atoms with van der Waals surface area (Å²) < 4.78 is 0. The highest BCUT2D eigenvalue weighted by Crippen LogP contribution is 2.16. The molecule has 0 amide bonds. The zero-order valence-corrected chi connectivity index (χ0v) is 12.9. The first-order chi connectivity index (χ1) is 7.52. The van der Waals surface area contributed by atoms with Gasteiger partial charge in [-0.05, 0) is 12.8 Å². The fraction of sp³-hybridized carbons (Fsp3) is 1.00. The Hall–Kier alpha value is 0.492. The molecular formula is C14H30AlO. The lowest BCUT2D eigenvalue weighted by atomic mass is 9.98. The van der Waals surface area contributed by atoms with Gasteiger partial charge >= 0.3 is 0 Å². The Morgan fingerprint density at radius 1 is 0.938 bits per heavy atom. The van der Waals surface area contributed by atoms with Gasteiger partial charge in [0.2, 0.25) is 15.2 Å². The van der Waals surface area contributed by atoms with Crippen molar-refractivity contribution >= 4 is 15.2 Å². The van der Waals surface area contributed by atoms with Crippen LogP contribution < -0.4 is 0 Å². The summed E-state index contributed by atoms with van der Waals surface area (Å²) in [6.45, 7) is 9.25. The van der Waals surface area contributed by atoms with Gasteiger partial charge in [0.15, 0.2) is 0 Å². The number of aliphatic hydroxyl groups excluding tert-OH is 1. The summed E-state index contributed by atoms with van der Waals surface area (Å²) >= 11 is 0.755. The van der Waals surface area contributed by atoms with Crippen molar-refractivity contribution in [2.24, 2.45) is 11.8 Å². The average Bonchev–Trinajstić information content (AvgIpc) is 2.18. The van der Waals surface area contributed by atoms with Crippen LogP contribution in [0.15, 0.2) is 0 Å². The zero-order valence-electron chi connectivity index (χ0n) is 11.7. The van der Waals surface area contributed by atoms with E-state index in [0.717, 1.165) is 39.9 Å². The smallest absolute Gasteiger partial charge is 0.200 e. The van der Waals surface area contributed by atoms with E-state index in [4.69, 9.17) is 5.11 Å². The van der Waals surface area contributed by atoms with Gasteiger partial charge in [0.1, 0.15) is 0 Å². The molecule has 1 aliphatic carbocycles. The molecule has 0 aromatic carbocycles. The van der Waals surface area contributed by atoms with Gasteiger partial charge in [0.05, 0.1) is 6.10 Å². The molecule has 0 bridgehead atoms. The van der Waals surface area contributed by atoms with Gasteiger partial charge in [-0.25, -0.2) is 0 Å². The summed E-state index contributed by atoms with van der Waals surface area (Å²) in [5.41, 5.74) is 0. The second kappa shape index (κ2) is 10.6. The minimum atomic E-state index is 0.0359. The Bertz CT molecular complexity index is 132. The van der Waals surface area contributed by atoms with Crippen LogP contribution in [0.5, 0.6) is 0 Å². The first kappa shape index (κ1) is 16.5. The fourth-order valence-corrected chi connectivity index (χ4v) is 3.37. The summed E-state index contributed by atoms with van der Waals surface area (Å²) in [6.07, 6.45) is 5.92. The quantitative estimate of drug-likeness (QED) is 0.733. The van der Waals surface area contributed by atoms with Gasteiger partial charge in [-0.3, -0.25) is 0 Å². The SMILES string of the molecule is CC(C)[CH2][Al][CH2]C(C)C.OC1CCCCC1. The lowest BCUT2D eigenvalue weighted by molar-refractivity contribution is 0.130. The molecule has 0 atom stereocenters. The van der Waals surface area contributed by atoms with Crippen LogP contribution in [-0.4, -0.2) is 26.4 Å². The lowest BCUT2D eigenvalue weighted by Crippen LogP contribution is -2.09. The molecule has 0 spiro atoms. The highest BCUT2D eigenvalue weighted by molar-refractivity contribution is 6.35. The number of rotatable bonds is 4. The molecule has 1 rings (SSSR count). The van der Waals surface area contributed by atoms with E-state index in [1.807, 2.05) is 0 Å². The Labute approximate surface area is 109 Å². The van der Waals surface area contributed by atoms with Crippen molar-refractivity contribution < 1.29 is 5.11 Å². The Morgan fingerprint density at radius 2 is 1.38 bits per heavy atom. The molecule has 1 fully saturated rings. The Kier molecular flexibility index (Phi) is 11.0. The van der Waals surface area contributed by atoms with E-state index in [9.17, 15) is 0 Å². The maximum atomic E-state index is 8.91. The molecule has 0 saturated heterocycles. The maximum absolute atomic E-state index is 8.91. The van der Waals surface area contributed by atoms with Crippen molar-refractivity contribution in [3.05, 3.63) is 0 Å². The summed E-state index contributed by atoms with van der Waals surface area (Å²) in [5, 5.41) is 11.9. The third-order valence-corrected chi connectivity index (χ3v) is 5.40. The standard InChI is InChI=1S/C6H12O.2C4H9.Al/c7-6-4-2-1-3-5-6;2*1-4(2)3;/h6-7H,1-5H2;2*4H,1H2,2-3H3;. The third-order valence-electron chi connectivity index (χ3n) is 2.85. The molecule has 1 nitrogen and oxygen atoms in total. The van der Waals surface area contributed by atoms with E-state index < -0.39 is 0 Å². The molecule has 95 valence electrons. The van der Waals surface area contributed by atoms with Crippen molar-refractivity contribution in [2.75, 3.05) is 0 Å². The Morgan fingerprint density at radius 3 is 1.62 bits per heavy atom. The number of hydrogen-bond donors (Lipinski definition) is 1. The van der Waals surface area contributed by atoms with E-state index >= 15 is 0 Å². The second-order valence-corrected chi connectivity index (χ2v) is 7.36. The molecule has 0 heterocycles. The average molecular weight is 241 g/mol. The molecule has 0 aromatic rings. The molecule has 1 aliphatic rings. The summed E-state index contributed by atoms with van der Waals surface area (Å²) in [5.74, 6) is 1.86. The largest absolute Gasteiger partial charge is 0.393 e. The monoisotopic (exact) mass is 241 g/mol. The molecule has 1 saturated carbocycles. The molecule has 1 radical (unpaired) electrons. The summed E-state index contributed by atoms with van der Waals surface area (Å²) in [6, 6.07) is 0. The van der Waals surface area contributed by atoms with Crippen LogP contribution in [0.1, 0.15) is 59.8 Å².